The number of amides is 2. The van der Waals surface area contributed by atoms with Gasteiger partial charge in [0.1, 0.15) is 17.3 Å². The average molecular weight is 374 g/mol. The Morgan fingerprint density at radius 2 is 1.74 bits per heavy atom. The summed E-state index contributed by atoms with van der Waals surface area (Å²) in [4.78, 5) is 24.1. The summed E-state index contributed by atoms with van der Waals surface area (Å²) < 4.78 is 23.9. The van der Waals surface area contributed by atoms with E-state index in [1.54, 1.807) is 44.4 Å². The molecular weight excluding hydrogens is 351 g/mol. The Balaban J connectivity index is 1.81. The van der Waals surface area contributed by atoms with Gasteiger partial charge in [0.2, 0.25) is 5.91 Å². The molecule has 2 rings (SSSR count). The molecule has 0 bridgehead atoms. The number of methoxy groups -OCH3 is 2. The molecule has 2 aromatic rings. The van der Waals surface area contributed by atoms with Crippen LogP contribution in [0.5, 0.6) is 11.5 Å². The van der Waals surface area contributed by atoms with Gasteiger partial charge in [-0.1, -0.05) is 6.07 Å². The van der Waals surface area contributed by atoms with Gasteiger partial charge < -0.3 is 20.1 Å². The Kier molecular flexibility index (Phi) is 7.16. The maximum absolute atomic E-state index is 13.5. The van der Waals surface area contributed by atoms with Crippen LogP contribution in [0.3, 0.4) is 0 Å². The van der Waals surface area contributed by atoms with Crippen molar-refractivity contribution in [2.75, 3.05) is 27.3 Å². The summed E-state index contributed by atoms with van der Waals surface area (Å²) in [6, 6.07) is 9.53. The summed E-state index contributed by atoms with van der Waals surface area (Å²) in [5.41, 5.74) is 1.42. The molecule has 2 aromatic carbocycles. The van der Waals surface area contributed by atoms with Crippen molar-refractivity contribution in [3.8, 4) is 11.5 Å². The maximum atomic E-state index is 13.5. The quantitative estimate of drug-likeness (QED) is 0.695. The standard InChI is InChI=1S/C20H23FN2O4/c1-13-4-5-14(11-17(13)21)20(25)23-9-8-22-19(24)12-15-10-16(26-2)6-7-18(15)27-3/h4-7,10-11H,8-9,12H2,1-3H3,(H,22,24)(H,23,25). The first kappa shape index (κ1) is 20.2. The largest absolute Gasteiger partial charge is 0.497 e. The topological polar surface area (TPSA) is 76.7 Å². The van der Waals surface area contributed by atoms with Crippen molar-refractivity contribution in [2.45, 2.75) is 13.3 Å². The van der Waals surface area contributed by atoms with Gasteiger partial charge in [-0.25, -0.2) is 4.39 Å². The predicted octanol–water partition coefficient (Wildman–Crippen LogP) is 2.24. The zero-order valence-corrected chi connectivity index (χ0v) is 15.6. The van der Waals surface area contributed by atoms with Crippen LogP contribution in [0.15, 0.2) is 36.4 Å². The molecule has 0 fully saturated rings. The van der Waals surface area contributed by atoms with Crippen molar-refractivity contribution < 1.29 is 23.5 Å². The average Bonchev–Trinajstić information content (AvgIpc) is 2.67. The number of rotatable bonds is 8. The molecule has 0 aliphatic heterocycles. The van der Waals surface area contributed by atoms with Crippen LogP contribution in [-0.4, -0.2) is 39.1 Å². The van der Waals surface area contributed by atoms with Crippen LogP contribution in [0.25, 0.3) is 0 Å². The highest BCUT2D eigenvalue weighted by molar-refractivity contribution is 5.94. The molecule has 144 valence electrons. The number of halogens is 1. The number of hydrogen-bond donors (Lipinski definition) is 2. The molecule has 0 heterocycles. The van der Waals surface area contributed by atoms with Crippen molar-refractivity contribution in [1.29, 1.82) is 0 Å². The molecule has 0 radical (unpaired) electrons. The van der Waals surface area contributed by atoms with Gasteiger partial charge in [0.15, 0.2) is 0 Å². The first-order valence-corrected chi connectivity index (χ1v) is 8.46. The molecule has 6 nitrogen and oxygen atoms in total. The monoisotopic (exact) mass is 374 g/mol. The number of carbonyl (C=O) groups excluding carboxylic acids is 2. The van der Waals surface area contributed by atoms with Crippen LogP contribution < -0.4 is 20.1 Å². The highest BCUT2D eigenvalue weighted by Crippen LogP contribution is 2.24. The molecule has 0 spiro atoms. The zero-order valence-electron chi connectivity index (χ0n) is 15.6. The second kappa shape index (κ2) is 9.56. The SMILES string of the molecule is COc1ccc(OC)c(CC(=O)NCCNC(=O)c2ccc(C)c(F)c2)c1. The Morgan fingerprint density at radius 1 is 1.00 bits per heavy atom. The number of ether oxygens (including phenoxy) is 2. The highest BCUT2D eigenvalue weighted by atomic mass is 19.1. The van der Waals surface area contributed by atoms with Crippen molar-refractivity contribution >= 4 is 11.8 Å². The van der Waals surface area contributed by atoms with Crippen LogP contribution in [0.1, 0.15) is 21.5 Å². The van der Waals surface area contributed by atoms with Crippen molar-refractivity contribution in [3.63, 3.8) is 0 Å². The number of hydrogen-bond acceptors (Lipinski definition) is 4. The minimum Gasteiger partial charge on any atom is -0.497 e. The van der Waals surface area contributed by atoms with E-state index >= 15 is 0 Å². The second-order valence-electron chi connectivity index (χ2n) is 5.92. The normalized spacial score (nSPS) is 10.2. The van der Waals surface area contributed by atoms with Crippen LogP contribution in [0.2, 0.25) is 0 Å². The van der Waals surface area contributed by atoms with E-state index in [0.717, 1.165) is 0 Å². The zero-order chi connectivity index (χ0) is 19.8. The summed E-state index contributed by atoms with van der Waals surface area (Å²) in [7, 11) is 3.08. The molecule has 7 heteroatoms. The first-order valence-electron chi connectivity index (χ1n) is 8.46. The van der Waals surface area contributed by atoms with Gasteiger partial charge in [0.05, 0.1) is 20.6 Å². The third-order valence-electron chi connectivity index (χ3n) is 4.01. The lowest BCUT2D eigenvalue weighted by Crippen LogP contribution is -2.35. The Hall–Kier alpha value is -3.09. The second-order valence-corrected chi connectivity index (χ2v) is 5.92. The van der Waals surface area contributed by atoms with Crippen molar-refractivity contribution in [3.05, 3.63) is 58.9 Å². The summed E-state index contributed by atoms with van der Waals surface area (Å²) in [5, 5.41) is 5.36. The number of aryl methyl sites for hydroxylation is 1. The Bertz CT molecular complexity index is 824. The maximum Gasteiger partial charge on any atom is 0.251 e. The molecule has 0 saturated carbocycles. The van der Waals surface area contributed by atoms with Gasteiger partial charge in [-0.3, -0.25) is 9.59 Å². The fourth-order valence-corrected chi connectivity index (χ4v) is 2.47. The summed E-state index contributed by atoms with van der Waals surface area (Å²) in [6.45, 7) is 2.12. The van der Waals surface area contributed by atoms with Crippen LogP contribution in [0.4, 0.5) is 4.39 Å². The molecule has 0 atom stereocenters. The molecule has 0 aromatic heterocycles. The van der Waals surface area contributed by atoms with Gasteiger partial charge in [-0.15, -0.1) is 0 Å². The molecule has 0 saturated heterocycles. The van der Waals surface area contributed by atoms with Crippen LogP contribution >= 0.6 is 0 Å². The molecule has 27 heavy (non-hydrogen) atoms. The van der Waals surface area contributed by atoms with E-state index in [2.05, 4.69) is 10.6 Å². The lowest BCUT2D eigenvalue weighted by molar-refractivity contribution is -0.120. The molecule has 0 aliphatic rings. The van der Waals surface area contributed by atoms with Gasteiger partial charge >= 0.3 is 0 Å². The molecule has 2 N–H and O–H groups in total. The van der Waals surface area contributed by atoms with Crippen LogP contribution in [0, 0.1) is 12.7 Å². The van der Waals surface area contributed by atoms with Crippen LogP contribution in [-0.2, 0) is 11.2 Å². The number of carbonyl (C=O) groups is 2. The molecular formula is C20H23FN2O4. The van der Waals surface area contributed by atoms with E-state index in [1.165, 1.54) is 13.2 Å². The predicted molar refractivity (Wildman–Crippen MR) is 99.7 cm³/mol. The number of nitrogens with one attached hydrogen (secondary N) is 2. The number of benzene rings is 2. The third-order valence-corrected chi connectivity index (χ3v) is 4.01. The van der Waals surface area contributed by atoms with E-state index in [0.29, 0.717) is 22.6 Å². The lowest BCUT2D eigenvalue weighted by Gasteiger charge is -2.11. The van der Waals surface area contributed by atoms with Gasteiger partial charge in [-0.2, -0.15) is 0 Å². The third kappa shape index (κ3) is 5.70. The fourth-order valence-electron chi connectivity index (χ4n) is 2.47. The minimum atomic E-state index is -0.428. The van der Waals surface area contributed by atoms with E-state index in [-0.39, 0.29) is 31.0 Å². The smallest absolute Gasteiger partial charge is 0.251 e. The van der Waals surface area contributed by atoms with Crippen molar-refractivity contribution in [1.82, 2.24) is 10.6 Å². The summed E-state index contributed by atoms with van der Waals surface area (Å²) in [6.07, 6.45) is 0.123. The van der Waals surface area contributed by atoms with Gasteiger partial charge in [0.25, 0.3) is 5.91 Å². The summed E-state index contributed by atoms with van der Waals surface area (Å²) in [5.74, 6) is 0.204. The van der Waals surface area contributed by atoms with Gasteiger partial charge in [0, 0.05) is 24.2 Å². The Labute approximate surface area is 157 Å². The highest BCUT2D eigenvalue weighted by Gasteiger charge is 2.11. The van der Waals surface area contributed by atoms with Crippen molar-refractivity contribution in [2.24, 2.45) is 0 Å². The van der Waals surface area contributed by atoms with E-state index in [1.807, 2.05) is 0 Å². The lowest BCUT2D eigenvalue weighted by atomic mass is 10.1. The minimum absolute atomic E-state index is 0.123. The molecule has 0 aliphatic carbocycles. The molecule has 2 amide bonds. The van der Waals surface area contributed by atoms with E-state index in [4.69, 9.17) is 9.47 Å². The Morgan fingerprint density at radius 3 is 2.41 bits per heavy atom. The fraction of sp³-hybridized carbons (Fsp3) is 0.300. The van der Waals surface area contributed by atoms with Gasteiger partial charge in [-0.05, 0) is 42.8 Å². The summed E-state index contributed by atoms with van der Waals surface area (Å²) >= 11 is 0. The van der Waals surface area contributed by atoms with E-state index in [9.17, 15) is 14.0 Å². The first-order chi connectivity index (χ1) is 12.9. The van der Waals surface area contributed by atoms with E-state index < -0.39 is 11.7 Å². The molecule has 0 unspecified atom stereocenters.